The third kappa shape index (κ3) is 3.24. The molecule has 0 unspecified atom stereocenters. The minimum atomic E-state index is -4.82. The van der Waals surface area contributed by atoms with Crippen LogP contribution in [0.4, 0.5) is 13.2 Å². The van der Waals surface area contributed by atoms with Gasteiger partial charge in [-0.25, -0.2) is 0 Å². The van der Waals surface area contributed by atoms with Gasteiger partial charge in [-0.15, -0.1) is 11.8 Å². The van der Waals surface area contributed by atoms with E-state index < -0.39 is 12.0 Å². The highest BCUT2D eigenvalue weighted by atomic mass is 79.9. The van der Waals surface area contributed by atoms with Gasteiger partial charge >= 0.3 is 6.18 Å². The molecule has 0 spiro atoms. The van der Waals surface area contributed by atoms with Crippen LogP contribution in [0.2, 0.25) is 0 Å². The van der Waals surface area contributed by atoms with Crippen LogP contribution >= 0.6 is 27.7 Å². The van der Waals surface area contributed by atoms with Crippen molar-refractivity contribution in [3.05, 3.63) is 28.2 Å². The van der Waals surface area contributed by atoms with Gasteiger partial charge in [-0.1, -0.05) is 15.9 Å². The standard InChI is InChI=1S/C9H6BrF3OS/c1-15-7-3-5(2-6(10)4-7)8(14)9(11,12)13/h2-4H,1H3. The lowest BCUT2D eigenvalue weighted by Gasteiger charge is -2.07. The smallest absolute Gasteiger partial charge is 0.284 e. The number of Topliss-reactive ketones (excluding diaryl/α,β-unsaturated/α-hetero) is 1. The Morgan fingerprint density at radius 2 is 1.93 bits per heavy atom. The maximum Gasteiger partial charge on any atom is 0.454 e. The summed E-state index contributed by atoms with van der Waals surface area (Å²) in [7, 11) is 0. The molecule has 0 bridgehead atoms. The minimum absolute atomic E-state index is 0.346. The number of thioether (sulfide) groups is 1. The first-order chi connectivity index (χ1) is 6.84. The van der Waals surface area contributed by atoms with E-state index in [0.717, 1.165) is 6.07 Å². The number of carbonyl (C=O) groups excluding carboxylic acids is 1. The Morgan fingerprint density at radius 3 is 2.40 bits per heavy atom. The average molecular weight is 299 g/mol. The van der Waals surface area contributed by atoms with E-state index in [4.69, 9.17) is 0 Å². The van der Waals surface area contributed by atoms with Crippen LogP contribution in [0, 0.1) is 0 Å². The van der Waals surface area contributed by atoms with E-state index in [0.29, 0.717) is 9.37 Å². The zero-order valence-electron chi connectivity index (χ0n) is 7.56. The summed E-state index contributed by atoms with van der Waals surface area (Å²) in [6.45, 7) is 0. The molecule has 1 aromatic carbocycles. The fourth-order valence-corrected chi connectivity index (χ4v) is 2.11. The van der Waals surface area contributed by atoms with Crippen LogP contribution in [0.3, 0.4) is 0 Å². The van der Waals surface area contributed by atoms with Gasteiger partial charge < -0.3 is 0 Å². The normalized spacial score (nSPS) is 11.5. The quantitative estimate of drug-likeness (QED) is 0.608. The van der Waals surface area contributed by atoms with Crippen molar-refractivity contribution in [3.8, 4) is 0 Å². The lowest BCUT2D eigenvalue weighted by atomic mass is 10.1. The molecule has 0 aliphatic heterocycles. The Morgan fingerprint density at radius 1 is 1.33 bits per heavy atom. The lowest BCUT2D eigenvalue weighted by molar-refractivity contribution is -0.0885. The first-order valence-electron chi connectivity index (χ1n) is 3.80. The lowest BCUT2D eigenvalue weighted by Crippen LogP contribution is -2.22. The van der Waals surface area contributed by atoms with Gasteiger partial charge in [0.25, 0.3) is 5.78 Å². The van der Waals surface area contributed by atoms with Gasteiger partial charge in [0.15, 0.2) is 0 Å². The summed E-state index contributed by atoms with van der Waals surface area (Å²) in [6.07, 6.45) is -3.10. The van der Waals surface area contributed by atoms with Crippen LogP contribution in [-0.4, -0.2) is 18.2 Å². The molecule has 1 rings (SSSR count). The molecule has 0 N–H and O–H groups in total. The fourth-order valence-electron chi connectivity index (χ4n) is 0.975. The molecule has 0 saturated heterocycles. The summed E-state index contributed by atoms with van der Waals surface area (Å²) in [5, 5.41) is 0. The molecule has 15 heavy (non-hydrogen) atoms. The minimum Gasteiger partial charge on any atom is -0.284 e. The molecule has 82 valence electrons. The average Bonchev–Trinajstić information content (AvgIpc) is 2.14. The molecule has 0 aliphatic rings. The Bertz CT molecular complexity index is 389. The van der Waals surface area contributed by atoms with Crippen LogP contribution in [-0.2, 0) is 0 Å². The van der Waals surface area contributed by atoms with Crippen molar-refractivity contribution in [2.45, 2.75) is 11.1 Å². The van der Waals surface area contributed by atoms with E-state index in [1.807, 2.05) is 0 Å². The summed E-state index contributed by atoms with van der Waals surface area (Å²) >= 11 is 4.33. The Kier molecular flexibility index (Phi) is 3.83. The number of rotatable bonds is 2. The molecule has 0 amide bonds. The first kappa shape index (κ1) is 12.6. The number of alkyl halides is 3. The number of carbonyl (C=O) groups is 1. The molecule has 1 nitrogen and oxygen atoms in total. The molecule has 1 aromatic rings. The second-order valence-electron chi connectivity index (χ2n) is 2.71. The molecular weight excluding hydrogens is 293 g/mol. The number of halogens is 4. The van der Waals surface area contributed by atoms with Gasteiger partial charge in [0.2, 0.25) is 0 Å². The predicted molar refractivity (Wildman–Crippen MR) is 56.3 cm³/mol. The van der Waals surface area contributed by atoms with Crippen LogP contribution in [0.5, 0.6) is 0 Å². The van der Waals surface area contributed by atoms with Crippen molar-refractivity contribution >= 4 is 33.5 Å². The highest BCUT2D eigenvalue weighted by Gasteiger charge is 2.39. The fraction of sp³-hybridized carbons (Fsp3) is 0.222. The molecule has 0 heterocycles. The molecule has 0 radical (unpaired) electrons. The second kappa shape index (κ2) is 4.57. The number of hydrogen-bond donors (Lipinski definition) is 0. The zero-order chi connectivity index (χ0) is 11.6. The SMILES string of the molecule is CSc1cc(Br)cc(C(=O)C(F)(F)F)c1. The Labute approximate surface area is 97.2 Å². The third-order valence-corrected chi connectivity index (χ3v) is 2.79. The highest BCUT2D eigenvalue weighted by molar-refractivity contribution is 9.10. The van der Waals surface area contributed by atoms with Crippen LogP contribution in [0.15, 0.2) is 27.6 Å². The van der Waals surface area contributed by atoms with Crippen molar-refractivity contribution in [2.24, 2.45) is 0 Å². The van der Waals surface area contributed by atoms with Crippen molar-refractivity contribution in [3.63, 3.8) is 0 Å². The monoisotopic (exact) mass is 298 g/mol. The van der Waals surface area contributed by atoms with E-state index in [9.17, 15) is 18.0 Å². The van der Waals surface area contributed by atoms with E-state index >= 15 is 0 Å². The summed E-state index contributed by atoms with van der Waals surface area (Å²) in [4.78, 5) is 11.5. The van der Waals surface area contributed by atoms with E-state index in [1.54, 1.807) is 12.3 Å². The molecule has 0 fully saturated rings. The van der Waals surface area contributed by atoms with Crippen LogP contribution in [0.1, 0.15) is 10.4 Å². The number of ketones is 1. The highest BCUT2D eigenvalue weighted by Crippen LogP contribution is 2.27. The van der Waals surface area contributed by atoms with Gasteiger partial charge in [-0.2, -0.15) is 13.2 Å². The molecule has 0 aromatic heterocycles. The molecular formula is C9H6BrF3OS. The maximum atomic E-state index is 12.1. The van der Waals surface area contributed by atoms with Crippen LogP contribution < -0.4 is 0 Å². The summed E-state index contributed by atoms with van der Waals surface area (Å²) in [5.41, 5.74) is -0.346. The molecule has 0 atom stereocenters. The van der Waals surface area contributed by atoms with Gasteiger partial charge in [-0.3, -0.25) is 4.79 Å². The van der Waals surface area contributed by atoms with Gasteiger partial charge in [-0.05, 0) is 24.5 Å². The zero-order valence-corrected chi connectivity index (χ0v) is 9.96. The van der Waals surface area contributed by atoms with Crippen molar-refractivity contribution in [1.29, 1.82) is 0 Å². The first-order valence-corrected chi connectivity index (χ1v) is 5.82. The molecule has 6 heteroatoms. The predicted octanol–water partition coefficient (Wildman–Crippen LogP) is 3.92. The summed E-state index contributed by atoms with van der Waals surface area (Å²) < 4.78 is 36.9. The summed E-state index contributed by atoms with van der Waals surface area (Å²) in [6, 6.07) is 4.04. The van der Waals surface area contributed by atoms with Gasteiger partial charge in [0.1, 0.15) is 0 Å². The van der Waals surface area contributed by atoms with Gasteiger partial charge in [0, 0.05) is 14.9 Å². The Hall–Kier alpha value is -0.490. The van der Waals surface area contributed by atoms with E-state index in [2.05, 4.69) is 15.9 Å². The second-order valence-corrected chi connectivity index (χ2v) is 4.50. The van der Waals surface area contributed by atoms with Crippen molar-refractivity contribution in [2.75, 3.05) is 6.26 Å². The van der Waals surface area contributed by atoms with E-state index in [-0.39, 0.29) is 5.56 Å². The largest absolute Gasteiger partial charge is 0.454 e. The summed E-state index contributed by atoms with van der Waals surface area (Å²) in [5.74, 6) is -1.82. The van der Waals surface area contributed by atoms with Gasteiger partial charge in [0.05, 0.1) is 0 Å². The number of hydrogen-bond acceptors (Lipinski definition) is 2. The van der Waals surface area contributed by atoms with Crippen LogP contribution in [0.25, 0.3) is 0 Å². The molecule has 0 saturated carbocycles. The molecule has 0 aliphatic carbocycles. The number of benzene rings is 1. The maximum absolute atomic E-state index is 12.1. The topological polar surface area (TPSA) is 17.1 Å². The van der Waals surface area contributed by atoms with Crippen molar-refractivity contribution < 1.29 is 18.0 Å². The Balaban J connectivity index is 3.15. The third-order valence-electron chi connectivity index (χ3n) is 1.63. The van der Waals surface area contributed by atoms with E-state index in [1.165, 1.54) is 17.8 Å². The van der Waals surface area contributed by atoms with Crippen molar-refractivity contribution in [1.82, 2.24) is 0 Å².